The topological polar surface area (TPSA) is 46.0 Å². The molecule has 1 aromatic heterocycles. The van der Waals surface area contributed by atoms with E-state index in [1.165, 1.54) is 6.33 Å². The van der Waals surface area contributed by atoms with Crippen LogP contribution in [0, 0.1) is 0 Å². The van der Waals surface area contributed by atoms with Crippen LogP contribution in [0.2, 0.25) is 5.02 Å². The van der Waals surface area contributed by atoms with Gasteiger partial charge in [-0.05, 0) is 32.1 Å². The van der Waals surface area contributed by atoms with Gasteiger partial charge in [0.05, 0.1) is 10.7 Å². The summed E-state index contributed by atoms with van der Waals surface area (Å²) in [5.41, 5.74) is 1.86. The number of halogens is 1. The summed E-state index contributed by atoms with van der Waals surface area (Å²) in [4.78, 5) is 6.30. The standard InChI is InChI=1S/C13H16ClN5/c1-18-6-5-10(7-18)17-12-4-2-3-11(14)13(12)19-9-15-8-16-19/h2-4,8-10,17H,5-7H2,1H3. The van der Waals surface area contributed by atoms with Crippen LogP contribution in [-0.2, 0) is 0 Å². The van der Waals surface area contributed by atoms with Crippen LogP contribution in [0.3, 0.4) is 0 Å². The van der Waals surface area contributed by atoms with Gasteiger partial charge in [-0.3, -0.25) is 0 Å². The van der Waals surface area contributed by atoms with Crippen molar-refractivity contribution in [1.29, 1.82) is 0 Å². The van der Waals surface area contributed by atoms with Crippen molar-refractivity contribution < 1.29 is 0 Å². The quantitative estimate of drug-likeness (QED) is 0.933. The third-order valence-electron chi connectivity index (χ3n) is 3.39. The molecule has 1 aliphatic heterocycles. The number of hydrogen-bond donors (Lipinski definition) is 1. The first kappa shape index (κ1) is 12.4. The highest BCUT2D eigenvalue weighted by Gasteiger charge is 2.21. The average molecular weight is 278 g/mol. The van der Waals surface area contributed by atoms with Gasteiger partial charge in [0.1, 0.15) is 18.3 Å². The summed E-state index contributed by atoms with van der Waals surface area (Å²) in [6, 6.07) is 6.29. The van der Waals surface area contributed by atoms with Crippen molar-refractivity contribution in [2.45, 2.75) is 12.5 Å². The molecular formula is C13H16ClN5. The Kier molecular flexibility index (Phi) is 3.40. The van der Waals surface area contributed by atoms with Gasteiger partial charge in [0.2, 0.25) is 0 Å². The summed E-state index contributed by atoms with van der Waals surface area (Å²) in [6.45, 7) is 2.17. The van der Waals surface area contributed by atoms with Crippen LogP contribution in [0.15, 0.2) is 30.9 Å². The summed E-state index contributed by atoms with van der Waals surface area (Å²) in [7, 11) is 2.14. The van der Waals surface area contributed by atoms with E-state index in [4.69, 9.17) is 11.6 Å². The molecule has 1 saturated heterocycles. The first-order valence-electron chi connectivity index (χ1n) is 6.32. The van der Waals surface area contributed by atoms with Gasteiger partial charge in [0, 0.05) is 12.6 Å². The largest absolute Gasteiger partial charge is 0.379 e. The molecule has 0 bridgehead atoms. The minimum absolute atomic E-state index is 0.450. The number of anilines is 1. The maximum atomic E-state index is 6.30. The zero-order valence-corrected chi connectivity index (χ0v) is 11.5. The van der Waals surface area contributed by atoms with Crippen molar-refractivity contribution in [2.24, 2.45) is 0 Å². The Morgan fingerprint density at radius 1 is 1.42 bits per heavy atom. The van der Waals surface area contributed by atoms with Crippen molar-refractivity contribution in [1.82, 2.24) is 19.7 Å². The number of likely N-dealkylation sites (N-methyl/N-ethyl adjacent to an activating group) is 1. The maximum Gasteiger partial charge on any atom is 0.138 e. The fraction of sp³-hybridized carbons (Fsp3) is 0.385. The molecule has 0 saturated carbocycles. The summed E-state index contributed by atoms with van der Waals surface area (Å²) < 4.78 is 1.70. The summed E-state index contributed by atoms with van der Waals surface area (Å²) in [5, 5.41) is 8.39. The molecule has 0 spiro atoms. The Labute approximate surface area is 117 Å². The second kappa shape index (κ2) is 5.19. The monoisotopic (exact) mass is 277 g/mol. The van der Waals surface area contributed by atoms with E-state index in [-0.39, 0.29) is 0 Å². The molecule has 19 heavy (non-hydrogen) atoms. The number of benzene rings is 1. The molecule has 1 aromatic carbocycles. The molecular weight excluding hydrogens is 262 g/mol. The molecule has 6 heteroatoms. The van der Waals surface area contributed by atoms with Crippen molar-refractivity contribution in [3.8, 4) is 5.69 Å². The normalized spacial score (nSPS) is 19.8. The average Bonchev–Trinajstić information content (AvgIpc) is 3.01. The number of rotatable bonds is 3. The van der Waals surface area contributed by atoms with Gasteiger partial charge < -0.3 is 10.2 Å². The van der Waals surface area contributed by atoms with Crippen LogP contribution in [0.4, 0.5) is 5.69 Å². The molecule has 2 heterocycles. The van der Waals surface area contributed by atoms with Crippen LogP contribution in [0.1, 0.15) is 6.42 Å². The molecule has 5 nitrogen and oxygen atoms in total. The van der Waals surface area contributed by atoms with Crippen LogP contribution in [0.5, 0.6) is 0 Å². The summed E-state index contributed by atoms with van der Waals surface area (Å²) >= 11 is 6.30. The fourth-order valence-electron chi connectivity index (χ4n) is 2.46. The highest BCUT2D eigenvalue weighted by Crippen LogP contribution is 2.29. The second-order valence-electron chi connectivity index (χ2n) is 4.87. The highest BCUT2D eigenvalue weighted by atomic mass is 35.5. The molecule has 0 amide bonds. The Bertz CT molecular complexity index is 554. The molecule has 3 rings (SSSR count). The smallest absolute Gasteiger partial charge is 0.138 e. The molecule has 1 atom stereocenters. The van der Waals surface area contributed by atoms with E-state index in [1.54, 1.807) is 11.0 Å². The van der Waals surface area contributed by atoms with Gasteiger partial charge in [-0.15, -0.1) is 0 Å². The van der Waals surface area contributed by atoms with Crippen molar-refractivity contribution in [2.75, 3.05) is 25.5 Å². The van der Waals surface area contributed by atoms with Crippen LogP contribution in [0.25, 0.3) is 5.69 Å². The van der Waals surface area contributed by atoms with Gasteiger partial charge in [-0.1, -0.05) is 17.7 Å². The highest BCUT2D eigenvalue weighted by molar-refractivity contribution is 6.33. The van der Waals surface area contributed by atoms with Gasteiger partial charge in [0.15, 0.2) is 0 Å². The molecule has 1 aliphatic rings. The van der Waals surface area contributed by atoms with E-state index >= 15 is 0 Å². The van der Waals surface area contributed by atoms with E-state index in [1.807, 2.05) is 18.2 Å². The van der Waals surface area contributed by atoms with Gasteiger partial charge in [-0.2, -0.15) is 5.10 Å². The van der Waals surface area contributed by atoms with E-state index < -0.39 is 0 Å². The zero-order chi connectivity index (χ0) is 13.2. The lowest BCUT2D eigenvalue weighted by atomic mass is 10.2. The molecule has 0 radical (unpaired) electrons. The zero-order valence-electron chi connectivity index (χ0n) is 10.8. The van der Waals surface area contributed by atoms with Crippen LogP contribution >= 0.6 is 11.6 Å². The number of likely N-dealkylation sites (tertiary alicyclic amines) is 1. The SMILES string of the molecule is CN1CCC(Nc2cccc(Cl)c2-n2cncn2)C1. The lowest BCUT2D eigenvalue weighted by molar-refractivity contribution is 0.414. The molecule has 100 valence electrons. The molecule has 1 N–H and O–H groups in total. The predicted octanol–water partition coefficient (Wildman–Crippen LogP) is 2.04. The molecule has 2 aromatic rings. The van der Waals surface area contributed by atoms with Gasteiger partial charge in [0.25, 0.3) is 0 Å². The lowest BCUT2D eigenvalue weighted by Crippen LogP contribution is -2.24. The second-order valence-corrected chi connectivity index (χ2v) is 5.28. The van der Waals surface area contributed by atoms with E-state index in [9.17, 15) is 0 Å². The number of para-hydroxylation sites is 1. The minimum atomic E-state index is 0.450. The van der Waals surface area contributed by atoms with Gasteiger partial charge in [-0.25, -0.2) is 9.67 Å². The van der Waals surface area contributed by atoms with E-state index in [0.29, 0.717) is 11.1 Å². The van der Waals surface area contributed by atoms with Crippen LogP contribution < -0.4 is 5.32 Å². The van der Waals surface area contributed by atoms with E-state index in [0.717, 1.165) is 30.9 Å². The molecule has 1 unspecified atom stereocenters. The first-order chi connectivity index (χ1) is 9.24. The Balaban J connectivity index is 1.91. The van der Waals surface area contributed by atoms with Gasteiger partial charge >= 0.3 is 0 Å². The van der Waals surface area contributed by atoms with Crippen molar-refractivity contribution in [3.63, 3.8) is 0 Å². The maximum absolute atomic E-state index is 6.30. The Morgan fingerprint density at radius 2 is 2.32 bits per heavy atom. The van der Waals surface area contributed by atoms with Crippen molar-refractivity contribution >= 4 is 17.3 Å². The molecule has 1 fully saturated rings. The molecule has 0 aliphatic carbocycles. The third kappa shape index (κ3) is 2.57. The number of hydrogen-bond acceptors (Lipinski definition) is 4. The van der Waals surface area contributed by atoms with E-state index in [2.05, 4.69) is 27.3 Å². The Morgan fingerprint density at radius 3 is 3.00 bits per heavy atom. The predicted molar refractivity (Wildman–Crippen MR) is 75.9 cm³/mol. The fourth-order valence-corrected chi connectivity index (χ4v) is 2.72. The minimum Gasteiger partial charge on any atom is -0.379 e. The third-order valence-corrected chi connectivity index (χ3v) is 3.69. The number of nitrogens with one attached hydrogen (secondary N) is 1. The first-order valence-corrected chi connectivity index (χ1v) is 6.70. The summed E-state index contributed by atoms with van der Waals surface area (Å²) in [5.74, 6) is 0. The number of aromatic nitrogens is 3. The summed E-state index contributed by atoms with van der Waals surface area (Å²) in [6.07, 6.45) is 4.31. The number of nitrogens with zero attached hydrogens (tertiary/aromatic N) is 4. The Hall–Kier alpha value is -1.59. The lowest BCUT2D eigenvalue weighted by Gasteiger charge is -2.18. The van der Waals surface area contributed by atoms with Crippen molar-refractivity contribution in [3.05, 3.63) is 35.9 Å². The van der Waals surface area contributed by atoms with Crippen LogP contribution in [-0.4, -0.2) is 45.8 Å².